The summed E-state index contributed by atoms with van der Waals surface area (Å²) in [5, 5.41) is 0. The van der Waals surface area contributed by atoms with E-state index in [9.17, 15) is 9.59 Å². The van der Waals surface area contributed by atoms with Crippen molar-refractivity contribution in [3.63, 3.8) is 0 Å². The molecule has 2 amide bonds. The minimum Gasteiger partial charge on any atom is -0.353 e. The number of nitrogens with zero attached hydrogens (tertiary/aromatic N) is 4. The summed E-state index contributed by atoms with van der Waals surface area (Å²) in [6, 6.07) is 5.90. The summed E-state index contributed by atoms with van der Waals surface area (Å²) in [4.78, 5) is 34.6. The number of pyridine rings is 1. The first-order valence-electron chi connectivity index (χ1n) is 8.35. The average Bonchev–Trinajstić information content (AvgIpc) is 2.62. The number of carbonyl (C=O) groups is 2. The maximum atomic E-state index is 12.7. The lowest BCUT2D eigenvalue weighted by Crippen LogP contribution is -2.53. The molecule has 0 bridgehead atoms. The van der Waals surface area contributed by atoms with E-state index in [1.807, 2.05) is 23.1 Å². The smallest absolute Gasteiger partial charge is 0.227 e. The third-order valence-corrected chi connectivity index (χ3v) is 4.78. The summed E-state index contributed by atoms with van der Waals surface area (Å²) >= 11 is 0. The Labute approximate surface area is 137 Å². The van der Waals surface area contributed by atoms with E-state index >= 15 is 0 Å². The maximum Gasteiger partial charge on any atom is 0.227 e. The monoisotopic (exact) mass is 316 g/mol. The van der Waals surface area contributed by atoms with Gasteiger partial charge >= 0.3 is 0 Å². The van der Waals surface area contributed by atoms with Crippen molar-refractivity contribution in [3.8, 4) is 0 Å². The SMILES string of the molecule is CC(=O)N1CCC[C@@H](C(=O)N2CCN(c3ccccn3)CC2)C1. The third-order valence-electron chi connectivity index (χ3n) is 4.78. The molecule has 2 aliphatic rings. The first-order chi connectivity index (χ1) is 11.1. The van der Waals surface area contributed by atoms with Gasteiger partial charge in [0, 0.05) is 52.4 Å². The zero-order valence-corrected chi connectivity index (χ0v) is 13.6. The molecule has 0 spiro atoms. The molecule has 1 aromatic rings. The number of aromatic nitrogens is 1. The topological polar surface area (TPSA) is 56.8 Å². The minimum absolute atomic E-state index is 0.0333. The zero-order valence-electron chi connectivity index (χ0n) is 13.6. The second-order valence-corrected chi connectivity index (χ2v) is 6.30. The van der Waals surface area contributed by atoms with Crippen molar-refractivity contribution < 1.29 is 9.59 Å². The number of piperazine rings is 1. The van der Waals surface area contributed by atoms with Crippen LogP contribution >= 0.6 is 0 Å². The Bertz CT molecular complexity index is 555. The van der Waals surface area contributed by atoms with Crippen LogP contribution in [0.3, 0.4) is 0 Å². The fourth-order valence-corrected chi connectivity index (χ4v) is 3.42. The van der Waals surface area contributed by atoms with E-state index in [1.54, 1.807) is 18.0 Å². The zero-order chi connectivity index (χ0) is 16.2. The van der Waals surface area contributed by atoms with Gasteiger partial charge in [-0.15, -0.1) is 0 Å². The van der Waals surface area contributed by atoms with Crippen molar-refractivity contribution in [1.82, 2.24) is 14.8 Å². The van der Waals surface area contributed by atoms with Crippen LogP contribution in [0.2, 0.25) is 0 Å². The van der Waals surface area contributed by atoms with Crippen LogP contribution in [0.5, 0.6) is 0 Å². The molecule has 1 aromatic heterocycles. The van der Waals surface area contributed by atoms with E-state index in [-0.39, 0.29) is 17.7 Å². The van der Waals surface area contributed by atoms with Crippen molar-refractivity contribution >= 4 is 17.6 Å². The van der Waals surface area contributed by atoms with Gasteiger partial charge in [0.2, 0.25) is 11.8 Å². The summed E-state index contributed by atoms with van der Waals surface area (Å²) in [5.41, 5.74) is 0. The minimum atomic E-state index is -0.0333. The molecule has 6 nitrogen and oxygen atoms in total. The molecular formula is C17H24N4O2. The van der Waals surface area contributed by atoms with Gasteiger partial charge in [-0.25, -0.2) is 4.98 Å². The number of hydrogen-bond donors (Lipinski definition) is 0. The molecule has 0 N–H and O–H groups in total. The first kappa shape index (κ1) is 15.8. The summed E-state index contributed by atoms with van der Waals surface area (Å²) in [6.45, 7) is 6.02. The third kappa shape index (κ3) is 3.63. The van der Waals surface area contributed by atoms with Crippen LogP contribution in [0.4, 0.5) is 5.82 Å². The number of rotatable bonds is 2. The summed E-state index contributed by atoms with van der Waals surface area (Å²) in [6.07, 6.45) is 3.61. The van der Waals surface area contributed by atoms with Crippen molar-refractivity contribution in [2.75, 3.05) is 44.2 Å². The molecule has 0 unspecified atom stereocenters. The largest absolute Gasteiger partial charge is 0.353 e. The van der Waals surface area contributed by atoms with Gasteiger partial charge < -0.3 is 14.7 Å². The molecule has 6 heteroatoms. The Hall–Kier alpha value is -2.11. The Morgan fingerprint density at radius 3 is 2.52 bits per heavy atom. The number of amides is 2. The Kier molecular flexibility index (Phi) is 4.79. The van der Waals surface area contributed by atoms with Gasteiger partial charge in [0.1, 0.15) is 5.82 Å². The summed E-state index contributed by atoms with van der Waals surface area (Å²) in [7, 11) is 0. The van der Waals surface area contributed by atoms with Gasteiger partial charge in [-0.3, -0.25) is 9.59 Å². The number of piperidine rings is 1. The van der Waals surface area contributed by atoms with Crippen molar-refractivity contribution in [1.29, 1.82) is 0 Å². The Morgan fingerprint density at radius 2 is 1.87 bits per heavy atom. The molecule has 0 saturated carbocycles. The van der Waals surface area contributed by atoms with Crippen molar-refractivity contribution in [2.24, 2.45) is 5.92 Å². The van der Waals surface area contributed by atoms with E-state index in [0.29, 0.717) is 6.54 Å². The van der Waals surface area contributed by atoms with Crippen LogP contribution in [-0.4, -0.2) is 65.9 Å². The van der Waals surface area contributed by atoms with Crippen LogP contribution in [0.1, 0.15) is 19.8 Å². The number of likely N-dealkylation sites (tertiary alicyclic amines) is 1. The second-order valence-electron chi connectivity index (χ2n) is 6.30. The lowest BCUT2D eigenvalue weighted by molar-refractivity contribution is -0.140. The first-order valence-corrected chi connectivity index (χ1v) is 8.35. The molecule has 0 aromatic carbocycles. The average molecular weight is 316 g/mol. The molecule has 2 saturated heterocycles. The normalized spacial score (nSPS) is 22.1. The van der Waals surface area contributed by atoms with E-state index in [4.69, 9.17) is 0 Å². The van der Waals surface area contributed by atoms with Crippen LogP contribution in [0.15, 0.2) is 24.4 Å². The quantitative estimate of drug-likeness (QED) is 0.816. The fourth-order valence-electron chi connectivity index (χ4n) is 3.42. The Morgan fingerprint density at radius 1 is 1.09 bits per heavy atom. The fraction of sp³-hybridized carbons (Fsp3) is 0.588. The van der Waals surface area contributed by atoms with Gasteiger partial charge in [-0.1, -0.05) is 6.07 Å². The summed E-state index contributed by atoms with van der Waals surface area (Å²) in [5.74, 6) is 1.22. The van der Waals surface area contributed by atoms with E-state index in [0.717, 1.165) is 51.4 Å². The molecule has 0 radical (unpaired) electrons. The van der Waals surface area contributed by atoms with E-state index in [2.05, 4.69) is 9.88 Å². The van der Waals surface area contributed by atoms with Crippen LogP contribution < -0.4 is 4.90 Å². The standard InChI is InChI=1S/C17H24N4O2/c1-14(22)21-8-4-5-15(13-21)17(23)20-11-9-19(10-12-20)16-6-2-3-7-18-16/h2-3,6-7,15H,4-5,8-13H2,1H3/t15-/m1/s1. The van der Waals surface area contributed by atoms with Gasteiger partial charge in [-0.2, -0.15) is 0 Å². The maximum absolute atomic E-state index is 12.7. The Balaban J connectivity index is 1.55. The van der Waals surface area contributed by atoms with Gasteiger partial charge in [0.05, 0.1) is 5.92 Å². The second kappa shape index (κ2) is 6.98. The highest BCUT2D eigenvalue weighted by atomic mass is 16.2. The summed E-state index contributed by atoms with van der Waals surface area (Å²) < 4.78 is 0. The van der Waals surface area contributed by atoms with Crippen molar-refractivity contribution in [3.05, 3.63) is 24.4 Å². The molecular weight excluding hydrogens is 292 g/mol. The van der Waals surface area contributed by atoms with Crippen LogP contribution in [0, 0.1) is 5.92 Å². The number of hydrogen-bond acceptors (Lipinski definition) is 4. The molecule has 1 atom stereocenters. The lowest BCUT2D eigenvalue weighted by Gasteiger charge is -2.39. The number of carbonyl (C=O) groups excluding carboxylic acids is 2. The van der Waals surface area contributed by atoms with Gasteiger partial charge in [0.15, 0.2) is 0 Å². The lowest BCUT2D eigenvalue weighted by atomic mass is 9.96. The highest BCUT2D eigenvalue weighted by Gasteiger charge is 2.31. The molecule has 124 valence electrons. The predicted octanol–water partition coefficient (Wildman–Crippen LogP) is 0.989. The molecule has 3 heterocycles. The van der Waals surface area contributed by atoms with Gasteiger partial charge in [-0.05, 0) is 25.0 Å². The van der Waals surface area contributed by atoms with E-state index in [1.165, 1.54) is 0 Å². The highest BCUT2D eigenvalue weighted by Crippen LogP contribution is 2.20. The van der Waals surface area contributed by atoms with E-state index < -0.39 is 0 Å². The van der Waals surface area contributed by atoms with Crippen LogP contribution in [-0.2, 0) is 9.59 Å². The predicted molar refractivity (Wildman–Crippen MR) is 88.0 cm³/mol. The van der Waals surface area contributed by atoms with Crippen LogP contribution in [0.25, 0.3) is 0 Å². The molecule has 0 aliphatic carbocycles. The van der Waals surface area contributed by atoms with Crippen molar-refractivity contribution in [2.45, 2.75) is 19.8 Å². The molecule has 23 heavy (non-hydrogen) atoms. The molecule has 2 aliphatic heterocycles. The highest BCUT2D eigenvalue weighted by molar-refractivity contribution is 5.81. The molecule has 2 fully saturated rings. The van der Waals surface area contributed by atoms with Gasteiger partial charge in [0.25, 0.3) is 0 Å². The number of anilines is 1. The molecule has 3 rings (SSSR count).